The molecule has 1 saturated heterocycles. The standard InChI is InChI=1S/C14H24N2S2/c1-13(2)6-8-17-11-14(13,10-15)16(3)9-12-5-4-7-18-12/h4-5,7H,6,8-11,15H2,1-3H3. The normalized spacial score (nSPS) is 27.6. The fourth-order valence-corrected chi connectivity index (χ4v) is 5.52. The smallest absolute Gasteiger partial charge is 0.0473 e. The van der Waals surface area contributed by atoms with Gasteiger partial charge >= 0.3 is 0 Å². The first-order chi connectivity index (χ1) is 8.52. The molecule has 1 unspecified atom stereocenters. The molecule has 0 aliphatic carbocycles. The van der Waals surface area contributed by atoms with Gasteiger partial charge in [0, 0.05) is 29.3 Å². The van der Waals surface area contributed by atoms with Crippen LogP contribution in [-0.2, 0) is 6.54 Å². The van der Waals surface area contributed by atoms with Crippen LogP contribution in [0.4, 0.5) is 0 Å². The molecular weight excluding hydrogens is 260 g/mol. The van der Waals surface area contributed by atoms with Crippen LogP contribution < -0.4 is 5.73 Å². The second-order valence-electron chi connectivity index (χ2n) is 5.86. The third kappa shape index (κ3) is 2.48. The lowest BCUT2D eigenvalue weighted by Gasteiger charge is -2.54. The Morgan fingerprint density at radius 2 is 2.22 bits per heavy atom. The summed E-state index contributed by atoms with van der Waals surface area (Å²) < 4.78 is 0. The minimum atomic E-state index is 0.125. The number of nitrogens with zero attached hydrogens (tertiary/aromatic N) is 1. The first kappa shape index (κ1) is 14.4. The molecule has 0 amide bonds. The molecule has 1 aliphatic rings. The van der Waals surface area contributed by atoms with Crippen LogP contribution in [0.3, 0.4) is 0 Å². The molecule has 0 saturated carbocycles. The number of rotatable bonds is 4. The van der Waals surface area contributed by atoms with Gasteiger partial charge < -0.3 is 5.73 Å². The number of hydrogen-bond donors (Lipinski definition) is 1. The monoisotopic (exact) mass is 284 g/mol. The Balaban J connectivity index is 2.20. The molecule has 1 fully saturated rings. The second kappa shape index (κ2) is 5.53. The summed E-state index contributed by atoms with van der Waals surface area (Å²) in [6.07, 6.45) is 1.25. The quantitative estimate of drug-likeness (QED) is 0.921. The summed E-state index contributed by atoms with van der Waals surface area (Å²) in [6, 6.07) is 4.35. The van der Waals surface area contributed by atoms with E-state index in [1.165, 1.54) is 17.1 Å². The van der Waals surface area contributed by atoms with Crippen LogP contribution in [0.25, 0.3) is 0 Å². The van der Waals surface area contributed by atoms with Crippen molar-refractivity contribution in [1.29, 1.82) is 0 Å². The van der Waals surface area contributed by atoms with Gasteiger partial charge in [0.1, 0.15) is 0 Å². The van der Waals surface area contributed by atoms with Gasteiger partial charge in [-0.05, 0) is 36.1 Å². The molecule has 1 atom stereocenters. The first-order valence-corrected chi connectivity index (χ1v) is 8.57. The van der Waals surface area contributed by atoms with Crippen molar-refractivity contribution in [3.05, 3.63) is 22.4 Å². The molecule has 2 rings (SSSR count). The average molecular weight is 284 g/mol. The van der Waals surface area contributed by atoms with E-state index < -0.39 is 0 Å². The van der Waals surface area contributed by atoms with Crippen molar-refractivity contribution < 1.29 is 0 Å². The van der Waals surface area contributed by atoms with Gasteiger partial charge in [-0.15, -0.1) is 11.3 Å². The van der Waals surface area contributed by atoms with Gasteiger partial charge in [0.15, 0.2) is 0 Å². The van der Waals surface area contributed by atoms with Crippen molar-refractivity contribution in [3.8, 4) is 0 Å². The fourth-order valence-electron chi connectivity index (χ4n) is 2.90. The largest absolute Gasteiger partial charge is 0.329 e. The molecule has 102 valence electrons. The molecule has 0 bridgehead atoms. The molecular formula is C14H24N2S2. The van der Waals surface area contributed by atoms with E-state index in [0.29, 0.717) is 5.41 Å². The number of thioether (sulfide) groups is 1. The zero-order valence-corrected chi connectivity index (χ0v) is 13.2. The summed E-state index contributed by atoms with van der Waals surface area (Å²) in [4.78, 5) is 3.92. The zero-order chi connectivity index (χ0) is 13.2. The molecule has 2 heterocycles. The summed E-state index contributed by atoms with van der Waals surface area (Å²) in [5.41, 5.74) is 6.61. The van der Waals surface area contributed by atoms with Crippen molar-refractivity contribution in [2.75, 3.05) is 25.1 Å². The van der Waals surface area contributed by atoms with Crippen molar-refractivity contribution in [2.24, 2.45) is 11.1 Å². The number of nitrogens with two attached hydrogens (primary N) is 1. The van der Waals surface area contributed by atoms with E-state index in [2.05, 4.69) is 55.1 Å². The highest BCUT2D eigenvalue weighted by atomic mass is 32.2. The summed E-state index contributed by atoms with van der Waals surface area (Å²) >= 11 is 3.89. The lowest BCUT2D eigenvalue weighted by molar-refractivity contribution is 0.0154. The molecule has 0 spiro atoms. The van der Waals surface area contributed by atoms with Gasteiger partial charge in [-0.1, -0.05) is 19.9 Å². The maximum atomic E-state index is 6.19. The Morgan fingerprint density at radius 3 is 2.78 bits per heavy atom. The maximum absolute atomic E-state index is 6.19. The van der Waals surface area contributed by atoms with Gasteiger partial charge in [-0.3, -0.25) is 4.90 Å². The Morgan fingerprint density at radius 1 is 1.44 bits per heavy atom. The topological polar surface area (TPSA) is 29.3 Å². The van der Waals surface area contributed by atoms with Crippen LogP contribution in [0.5, 0.6) is 0 Å². The van der Waals surface area contributed by atoms with Crippen molar-refractivity contribution in [2.45, 2.75) is 32.4 Å². The predicted octanol–water partition coefficient (Wildman–Crippen LogP) is 3.04. The summed E-state index contributed by atoms with van der Waals surface area (Å²) in [5, 5.41) is 2.15. The van der Waals surface area contributed by atoms with E-state index in [1.807, 2.05) is 11.3 Å². The summed E-state index contributed by atoms with van der Waals surface area (Å²) in [7, 11) is 2.24. The van der Waals surface area contributed by atoms with Gasteiger partial charge in [0.05, 0.1) is 0 Å². The predicted molar refractivity (Wildman–Crippen MR) is 83.3 cm³/mol. The molecule has 2 N–H and O–H groups in total. The van der Waals surface area contributed by atoms with Crippen LogP contribution in [0.1, 0.15) is 25.1 Å². The Bertz CT molecular complexity index is 375. The Hall–Kier alpha value is -0.0300. The van der Waals surface area contributed by atoms with Crippen molar-refractivity contribution in [3.63, 3.8) is 0 Å². The summed E-state index contributed by atoms with van der Waals surface area (Å²) in [5.74, 6) is 2.42. The van der Waals surface area contributed by atoms with E-state index in [9.17, 15) is 0 Å². The van der Waals surface area contributed by atoms with Gasteiger partial charge in [0.25, 0.3) is 0 Å². The lowest BCUT2D eigenvalue weighted by atomic mass is 9.70. The van der Waals surface area contributed by atoms with Gasteiger partial charge in [-0.2, -0.15) is 11.8 Å². The fraction of sp³-hybridized carbons (Fsp3) is 0.714. The first-order valence-electron chi connectivity index (χ1n) is 6.53. The molecule has 1 aromatic heterocycles. The Labute approximate surface area is 119 Å². The highest BCUT2D eigenvalue weighted by molar-refractivity contribution is 7.99. The third-order valence-electron chi connectivity index (χ3n) is 4.51. The molecule has 0 radical (unpaired) electrons. The maximum Gasteiger partial charge on any atom is 0.0473 e. The number of thiophene rings is 1. The molecule has 2 nitrogen and oxygen atoms in total. The average Bonchev–Trinajstić information content (AvgIpc) is 2.81. The minimum Gasteiger partial charge on any atom is -0.329 e. The molecule has 18 heavy (non-hydrogen) atoms. The van der Waals surface area contributed by atoms with E-state index in [0.717, 1.165) is 18.8 Å². The highest BCUT2D eigenvalue weighted by Crippen LogP contribution is 2.45. The van der Waals surface area contributed by atoms with E-state index in [1.54, 1.807) is 0 Å². The molecule has 1 aliphatic heterocycles. The zero-order valence-electron chi connectivity index (χ0n) is 11.6. The number of likely N-dealkylation sites (N-methyl/N-ethyl adjacent to an activating group) is 1. The van der Waals surface area contributed by atoms with E-state index >= 15 is 0 Å². The summed E-state index contributed by atoms with van der Waals surface area (Å²) in [6.45, 7) is 6.52. The Kier molecular flexibility index (Phi) is 4.42. The lowest BCUT2D eigenvalue weighted by Crippen LogP contribution is -2.64. The van der Waals surface area contributed by atoms with Crippen LogP contribution >= 0.6 is 23.1 Å². The van der Waals surface area contributed by atoms with Gasteiger partial charge in [0.2, 0.25) is 0 Å². The second-order valence-corrected chi connectivity index (χ2v) is 8.00. The minimum absolute atomic E-state index is 0.125. The molecule has 1 aromatic rings. The van der Waals surface area contributed by atoms with Crippen LogP contribution in [0.2, 0.25) is 0 Å². The number of hydrogen-bond acceptors (Lipinski definition) is 4. The van der Waals surface area contributed by atoms with E-state index in [-0.39, 0.29) is 5.54 Å². The van der Waals surface area contributed by atoms with E-state index in [4.69, 9.17) is 5.73 Å². The highest BCUT2D eigenvalue weighted by Gasteiger charge is 2.48. The van der Waals surface area contributed by atoms with Crippen LogP contribution in [-0.4, -0.2) is 35.5 Å². The van der Waals surface area contributed by atoms with Crippen molar-refractivity contribution >= 4 is 23.1 Å². The van der Waals surface area contributed by atoms with Crippen LogP contribution in [0.15, 0.2) is 17.5 Å². The third-order valence-corrected chi connectivity index (χ3v) is 6.55. The van der Waals surface area contributed by atoms with Gasteiger partial charge in [-0.25, -0.2) is 0 Å². The SMILES string of the molecule is CN(Cc1cccs1)C1(CN)CSCCC1(C)C. The molecule has 4 heteroatoms. The van der Waals surface area contributed by atoms with Crippen molar-refractivity contribution in [1.82, 2.24) is 4.90 Å². The molecule has 0 aromatic carbocycles. The van der Waals surface area contributed by atoms with Crippen LogP contribution in [0, 0.1) is 5.41 Å².